The van der Waals surface area contributed by atoms with Crippen molar-refractivity contribution in [3.05, 3.63) is 0 Å². The lowest BCUT2D eigenvalue weighted by molar-refractivity contribution is -0.148. The number of carbonyl (C=O) groups excluding carboxylic acids is 3. The Balaban J connectivity index is 2.07. The van der Waals surface area contributed by atoms with Crippen molar-refractivity contribution >= 4 is 17.9 Å². The van der Waals surface area contributed by atoms with Gasteiger partial charge in [-0.3, -0.25) is 14.5 Å². The van der Waals surface area contributed by atoms with Gasteiger partial charge in [0, 0.05) is 0 Å². The number of carbonyl (C=O) groups is 3. The Hall–Kier alpha value is -1.59. The Morgan fingerprint density at radius 1 is 1.45 bits per heavy atom. The van der Waals surface area contributed by atoms with E-state index in [1.165, 1.54) is 0 Å². The van der Waals surface area contributed by atoms with Crippen LogP contribution in [-0.2, 0) is 14.3 Å². The number of nitrogens with one attached hydrogen (secondary N) is 1. The highest BCUT2D eigenvalue weighted by atomic mass is 16.5. The van der Waals surface area contributed by atoms with E-state index in [-0.39, 0.29) is 18.4 Å². The SMILES string of the molecule is CCCOC(=O)CN1C(=O)N[C@@]2(CCCC[C@H]2C)C1=O. The fraction of sp³-hybridized carbons (Fsp3) is 0.786. The molecule has 0 aromatic heterocycles. The largest absolute Gasteiger partial charge is 0.464 e. The van der Waals surface area contributed by atoms with Crippen molar-refractivity contribution in [3.8, 4) is 0 Å². The maximum atomic E-state index is 12.5. The molecule has 2 rings (SSSR count). The van der Waals surface area contributed by atoms with E-state index in [0.29, 0.717) is 19.4 Å². The van der Waals surface area contributed by atoms with Crippen LogP contribution in [0.3, 0.4) is 0 Å². The van der Waals surface area contributed by atoms with Gasteiger partial charge in [0.1, 0.15) is 12.1 Å². The summed E-state index contributed by atoms with van der Waals surface area (Å²) in [5.74, 6) is -0.705. The van der Waals surface area contributed by atoms with Gasteiger partial charge in [0.05, 0.1) is 6.61 Å². The third kappa shape index (κ3) is 2.51. The van der Waals surface area contributed by atoms with E-state index in [9.17, 15) is 14.4 Å². The fourth-order valence-electron chi connectivity index (χ4n) is 3.03. The van der Waals surface area contributed by atoms with Gasteiger partial charge in [-0.15, -0.1) is 0 Å². The first kappa shape index (κ1) is 14.8. The number of amides is 3. The highest BCUT2D eigenvalue weighted by Gasteiger charge is 2.55. The number of hydrogen-bond donors (Lipinski definition) is 1. The van der Waals surface area contributed by atoms with E-state index >= 15 is 0 Å². The summed E-state index contributed by atoms with van der Waals surface area (Å²) in [6.45, 7) is 3.89. The molecule has 0 unspecified atom stereocenters. The topological polar surface area (TPSA) is 75.7 Å². The molecule has 112 valence electrons. The van der Waals surface area contributed by atoms with E-state index < -0.39 is 17.5 Å². The maximum Gasteiger partial charge on any atom is 0.326 e. The van der Waals surface area contributed by atoms with Gasteiger partial charge in [0.15, 0.2) is 0 Å². The molecule has 3 amide bonds. The second-order valence-electron chi connectivity index (χ2n) is 5.66. The van der Waals surface area contributed by atoms with Crippen LogP contribution in [0.1, 0.15) is 46.0 Å². The summed E-state index contributed by atoms with van der Waals surface area (Å²) in [4.78, 5) is 37.2. The molecule has 6 nitrogen and oxygen atoms in total. The third-order valence-electron chi connectivity index (χ3n) is 4.26. The van der Waals surface area contributed by atoms with Gasteiger partial charge in [0.25, 0.3) is 5.91 Å². The Labute approximate surface area is 118 Å². The van der Waals surface area contributed by atoms with E-state index in [1.807, 2.05) is 13.8 Å². The predicted octanol–water partition coefficient (Wildman–Crippen LogP) is 1.44. The van der Waals surface area contributed by atoms with Gasteiger partial charge in [0.2, 0.25) is 0 Å². The van der Waals surface area contributed by atoms with Crippen LogP contribution in [0.2, 0.25) is 0 Å². The van der Waals surface area contributed by atoms with Crippen molar-refractivity contribution < 1.29 is 19.1 Å². The minimum absolute atomic E-state index is 0.101. The summed E-state index contributed by atoms with van der Waals surface area (Å²) >= 11 is 0. The van der Waals surface area contributed by atoms with Crippen LogP contribution in [0.15, 0.2) is 0 Å². The second kappa shape index (κ2) is 5.81. The average molecular weight is 282 g/mol. The smallest absolute Gasteiger partial charge is 0.326 e. The Bertz CT molecular complexity index is 423. The summed E-state index contributed by atoms with van der Waals surface area (Å²) < 4.78 is 4.94. The average Bonchev–Trinajstić information content (AvgIpc) is 2.65. The Morgan fingerprint density at radius 2 is 2.20 bits per heavy atom. The lowest BCUT2D eigenvalue weighted by atomic mass is 9.73. The summed E-state index contributed by atoms with van der Waals surface area (Å²) in [7, 11) is 0. The van der Waals surface area contributed by atoms with Crippen LogP contribution >= 0.6 is 0 Å². The number of rotatable bonds is 4. The molecule has 1 saturated heterocycles. The molecule has 0 bridgehead atoms. The highest BCUT2D eigenvalue weighted by molar-refractivity contribution is 6.08. The maximum absolute atomic E-state index is 12.5. The molecule has 6 heteroatoms. The lowest BCUT2D eigenvalue weighted by Gasteiger charge is -2.36. The Morgan fingerprint density at radius 3 is 2.85 bits per heavy atom. The zero-order chi connectivity index (χ0) is 14.8. The minimum atomic E-state index is -0.805. The molecule has 1 heterocycles. The first-order valence-electron chi connectivity index (χ1n) is 7.31. The molecule has 0 aromatic carbocycles. The van der Waals surface area contributed by atoms with Crippen molar-refractivity contribution in [2.75, 3.05) is 13.2 Å². The minimum Gasteiger partial charge on any atom is -0.464 e. The molecule has 1 saturated carbocycles. The summed E-state index contributed by atoms with van der Waals surface area (Å²) in [5, 5.41) is 2.81. The van der Waals surface area contributed by atoms with Gasteiger partial charge in [-0.05, 0) is 25.2 Å². The molecular weight excluding hydrogens is 260 g/mol. The molecular formula is C14H22N2O4. The van der Waals surface area contributed by atoms with Gasteiger partial charge in [-0.1, -0.05) is 26.7 Å². The summed E-state index contributed by atoms with van der Waals surface area (Å²) in [5.41, 5.74) is -0.805. The number of urea groups is 1. The van der Waals surface area contributed by atoms with Gasteiger partial charge >= 0.3 is 12.0 Å². The molecule has 1 spiro atoms. The zero-order valence-corrected chi connectivity index (χ0v) is 12.1. The van der Waals surface area contributed by atoms with Crippen LogP contribution in [0.25, 0.3) is 0 Å². The first-order chi connectivity index (χ1) is 9.51. The molecule has 0 aromatic rings. The fourth-order valence-corrected chi connectivity index (χ4v) is 3.03. The van der Waals surface area contributed by atoms with Crippen molar-refractivity contribution in [2.45, 2.75) is 51.5 Å². The number of nitrogens with zero attached hydrogens (tertiary/aromatic N) is 1. The highest BCUT2D eigenvalue weighted by Crippen LogP contribution is 2.38. The van der Waals surface area contributed by atoms with Crippen LogP contribution in [0.5, 0.6) is 0 Å². The van der Waals surface area contributed by atoms with E-state index in [0.717, 1.165) is 24.2 Å². The molecule has 2 fully saturated rings. The summed E-state index contributed by atoms with van der Waals surface area (Å²) in [6, 6.07) is -0.475. The van der Waals surface area contributed by atoms with Gasteiger partial charge < -0.3 is 10.1 Å². The Kier molecular flexibility index (Phi) is 4.30. The van der Waals surface area contributed by atoms with E-state index in [2.05, 4.69) is 5.32 Å². The number of esters is 1. The molecule has 20 heavy (non-hydrogen) atoms. The van der Waals surface area contributed by atoms with E-state index in [4.69, 9.17) is 4.74 Å². The molecule has 1 aliphatic carbocycles. The van der Waals surface area contributed by atoms with Gasteiger partial charge in [-0.2, -0.15) is 0 Å². The van der Waals surface area contributed by atoms with Crippen LogP contribution < -0.4 is 5.32 Å². The van der Waals surface area contributed by atoms with Crippen molar-refractivity contribution in [2.24, 2.45) is 5.92 Å². The van der Waals surface area contributed by atoms with Crippen molar-refractivity contribution in [1.82, 2.24) is 10.2 Å². The van der Waals surface area contributed by atoms with Crippen molar-refractivity contribution in [1.29, 1.82) is 0 Å². The van der Waals surface area contributed by atoms with Crippen LogP contribution in [-0.4, -0.2) is 41.5 Å². The van der Waals surface area contributed by atoms with Crippen molar-refractivity contribution in [3.63, 3.8) is 0 Å². The quantitative estimate of drug-likeness (QED) is 0.625. The van der Waals surface area contributed by atoms with Crippen LogP contribution in [0.4, 0.5) is 4.79 Å². The predicted molar refractivity (Wildman–Crippen MR) is 71.9 cm³/mol. The second-order valence-corrected chi connectivity index (χ2v) is 5.66. The lowest BCUT2D eigenvalue weighted by Crippen LogP contribution is -2.54. The number of imide groups is 1. The molecule has 2 aliphatic rings. The monoisotopic (exact) mass is 282 g/mol. The van der Waals surface area contributed by atoms with Gasteiger partial charge in [-0.25, -0.2) is 4.79 Å². The standard InChI is InChI=1S/C14H22N2O4/c1-3-8-20-11(17)9-16-12(18)14(15-13(16)19)7-5-4-6-10(14)2/h10H,3-9H2,1-2H3,(H,15,19)/t10-,14-/m1/s1. The molecule has 0 radical (unpaired) electrons. The molecule has 2 atom stereocenters. The third-order valence-corrected chi connectivity index (χ3v) is 4.26. The molecule has 1 N–H and O–H groups in total. The van der Waals surface area contributed by atoms with Crippen LogP contribution in [0, 0.1) is 5.92 Å². The number of ether oxygens (including phenoxy) is 1. The number of hydrogen-bond acceptors (Lipinski definition) is 4. The molecule has 1 aliphatic heterocycles. The first-order valence-corrected chi connectivity index (χ1v) is 7.31. The summed E-state index contributed by atoms with van der Waals surface area (Å²) in [6.07, 6.45) is 4.28. The normalized spacial score (nSPS) is 29.7. The zero-order valence-electron chi connectivity index (χ0n) is 12.1. The van der Waals surface area contributed by atoms with E-state index in [1.54, 1.807) is 0 Å².